The highest BCUT2D eigenvalue weighted by Gasteiger charge is 2.23. The molecule has 2 heterocycles. The molecule has 2 rings (SSSR count). The molecule has 1 aromatic heterocycles. The minimum absolute atomic E-state index is 0.0239. The zero-order valence-corrected chi connectivity index (χ0v) is 8.54. The number of thioether (sulfide) groups is 1. The van der Waals surface area contributed by atoms with E-state index in [0.29, 0.717) is 11.5 Å². The highest BCUT2D eigenvalue weighted by atomic mass is 32.2. The Kier molecular flexibility index (Phi) is 2.33. The van der Waals surface area contributed by atoms with Crippen LogP contribution in [0.25, 0.3) is 0 Å². The van der Waals surface area contributed by atoms with Crippen molar-refractivity contribution in [3.63, 3.8) is 0 Å². The summed E-state index contributed by atoms with van der Waals surface area (Å²) in [5.41, 5.74) is 0.767. The Bertz CT molecular complexity index is 451. The summed E-state index contributed by atoms with van der Waals surface area (Å²) in [7, 11) is 0. The lowest BCUT2D eigenvalue weighted by Gasteiger charge is -2.07. The van der Waals surface area contributed by atoms with Gasteiger partial charge in [0.1, 0.15) is 5.04 Å². The maximum absolute atomic E-state index is 11.5. The first-order valence-corrected chi connectivity index (χ1v) is 5.19. The predicted octanol–water partition coefficient (Wildman–Crippen LogP) is 1.30. The molecule has 0 unspecified atom stereocenters. The van der Waals surface area contributed by atoms with Gasteiger partial charge in [-0.1, -0.05) is 16.9 Å². The van der Waals surface area contributed by atoms with Gasteiger partial charge in [0.15, 0.2) is 5.43 Å². The van der Waals surface area contributed by atoms with Crippen LogP contribution in [0.2, 0.25) is 0 Å². The summed E-state index contributed by atoms with van der Waals surface area (Å²) in [4.78, 5) is 11.5. The minimum atomic E-state index is 0.0239. The van der Waals surface area contributed by atoms with Gasteiger partial charge in [-0.05, 0) is 6.92 Å². The van der Waals surface area contributed by atoms with Gasteiger partial charge in [0, 0.05) is 30.8 Å². The van der Waals surface area contributed by atoms with Gasteiger partial charge < -0.3 is 9.77 Å². The van der Waals surface area contributed by atoms with E-state index in [1.165, 1.54) is 11.8 Å². The van der Waals surface area contributed by atoms with Gasteiger partial charge >= 0.3 is 0 Å². The van der Waals surface area contributed by atoms with Crippen LogP contribution >= 0.6 is 11.8 Å². The van der Waals surface area contributed by atoms with Crippen molar-refractivity contribution in [3.05, 3.63) is 28.0 Å². The summed E-state index contributed by atoms with van der Waals surface area (Å²) >= 11 is 1.36. The molecule has 1 aromatic rings. The largest absolute Gasteiger partial charge is 0.410 e. The van der Waals surface area contributed by atoms with Crippen molar-refractivity contribution in [2.24, 2.45) is 5.16 Å². The summed E-state index contributed by atoms with van der Waals surface area (Å²) in [5.74, 6) is 0. The molecule has 1 aliphatic heterocycles. The first-order valence-electron chi connectivity index (χ1n) is 4.37. The number of hydrogen-bond acceptors (Lipinski definition) is 4. The van der Waals surface area contributed by atoms with E-state index in [4.69, 9.17) is 5.21 Å². The van der Waals surface area contributed by atoms with Gasteiger partial charge in [-0.2, -0.15) is 0 Å². The molecule has 5 heteroatoms. The third-order valence-corrected chi connectivity index (χ3v) is 3.35. The fraction of sp³-hybridized carbons (Fsp3) is 0.333. The Labute approximate surface area is 85.2 Å². The normalized spacial score (nSPS) is 17.4. The second-order valence-corrected chi connectivity index (χ2v) is 4.08. The van der Waals surface area contributed by atoms with Crippen molar-refractivity contribution in [2.75, 3.05) is 0 Å². The molecule has 0 radical (unpaired) electrons. The summed E-state index contributed by atoms with van der Waals surface area (Å²) < 4.78 is 1.99. The molecule has 0 spiro atoms. The second kappa shape index (κ2) is 3.49. The topological polar surface area (TPSA) is 54.6 Å². The van der Waals surface area contributed by atoms with Gasteiger partial charge in [0.25, 0.3) is 0 Å². The van der Waals surface area contributed by atoms with E-state index in [0.717, 1.165) is 17.1 Å². The van der Waals surface area contributed by atoms with Crippen LogP contribution in [0.15, 0.2) is 27.2 Å². The monoisotopic (exact) mass is 210 g/mol. The molecule has 0 saturated carbocycles. The maximum atomic E-state index is 11.5. The number of aromatic nitrogens is 1. The van der Waals surface area contributed by atoms with Crippen LogP contribution in [0.3, 0.4) is 0 Å². The highest BCUT2D eigenvalue weighted by Crippen LogP contribution is 2.30. The van der Waals surface area contributed by atoms with Crippen molar-refractivity contribution < 1.29 is 5.21 Å². The molecule has 0 amide bonds. The van der Waals surface area contributed by atoms with Crippen LogP contribution in [0.1, 0.15) is 12.5 Å². The Morgan fingerprint density at radius 1 is 1.71 bits per heavy atom. The smallest absolute Gasteiger partial charge is 0.186 e. The Balaban J connectivity index is 2.59. The number of rotatable bonds is 1. The van der Waals surface area contributed by atoms with E-state index in [-0.39, 0.29) is 5.43 Å². The van der Waals surface area contributed by atoms with Crippen LogP contribution in [0.5, 0.6) is 0 Å². The lowest BCUT2D eigenvalue weighted by Crippen LogP contribution is -2.12. The fourth-order valence-corrected chi connectivity index (χ4v) is 2.58. The zero-order valence-electron chi connectivity index (χ0n) is 7.73. The number of oxime groups is 1. The molecule has 1 N–H and O–H groups in total. The Hall–Kier alpha value is -1.23. The number of pyridine rings is 1. The van der Waals surface area contributed by atoms with E-state index in [2.05, 4.69) is 5.16 Å². The number of hydrogen-bond donors (Lipinski definition) is 1. The Morgan fingerprint density at radius 2 is 2.50 bits per heavy atom. The fourth-order valence-electron chi connectivity index (χ4n) is 1.49. The van der Waals surface area contributed by atoms with Gasteiger partial charge in [-0.25, -0.2) is 0 Å². The van der Waals surface area contributed by atoms with Crippen molar-refractivity contribution in [2.45, 2.75) is 24.9 Å². The van der Waals surface area contributed by atoms with Crippen LogP contribution in [-0.4, -0.2) is 14.8 Å². The predicted molar refractivity (Wildman–Crippen MR) is 55.2 cm³/mol. The molecule has 4 nitrogen and oxygen atoms in total. The van der Waals surface area contributed by atoms with Gasteiger partial charge in [0.05, 0.1) is 5.03 Å². The quantitative estimate of drug-likeness (QED) is 0.561. The van der Waals surface area contributed by atoms with E-state index in [1.54, 1.807) is 12.3 Å². The van der Waals surface area contributed by atoms with Gasteiger partial charge in [-0.3, -0.25) is 4.79 Å². The molecule has 0 bridgehead atoms. The molecule has 0 aromatic carbocycles. The lowest BCUT2D eigenvalue weighted by molar-refractivity contribution is 0.320. The first kappa shape index (κ1) is 9.33. The summed E-state index contributed by atoms with van der Waals surface area (Å²) in [6, 6.07) is 1.56. The van der Waals surface area contributed by atoms with Crippen LogP contribution < -0.4 is 5.43 Å². The van der Waals surface area contributed by atoms with Gasteiger partial charge in [0.2, 0.25) is 0 Å². The van der Waals surface area contributed by atoms with Crippen molar-refractivity contribution in [1.82, 2.24) is 4.57 Å². The van der Waals surface area contributed by atoms with E-state index < -0.39 is 0 Å². The molecule has 14 heavy (non-hydrogen) atoms. The van der Waals surface area contributed by atoms with Crippen molar-refractivity contribution in [3.8, 4) is 0 Å². The van der Waals surface area contributed by atoms with Crippen LogP contribution in [0.4, 0.5) is 0 Å². The third kappa shape index (κ3) is 1.33. The average molecular weight is 210 g/mol. The molecule has 74 valence electrons. The number of nitrogens with zero attached hydrogens (tertiary/aromatic N) is 2. The Morgan fingerprint density at radius 3 is 3.14 bits per heavy atom. The summed E-state index contributed by atoms with van der Waals surface area (Å²) in [5, 5.41) is 13.3. The van der Waals surface area contributed by atoms with Crippen molar-refractivity contribution in [1.29, 1.82) is 0 Å². The molecule has 1 aliphatic rings. The molecule has 0 saturated heterocycles. The first-order chi connectivity index (χ1) is 6.76. The minimum Gasteiger partial charge on any atom is -0.410 e. The molecule has 0 fully saturated rings. The number of fused-ring (bicyclic) bond motifs is 1. The molecule has 0 atom stereocenters. The molecular weight excluding hydrogens is 200 g/mol. The van der Waals surface area contributed by atoms with Crippen molar-refractivity contribution >= 4 is 16.8 Å². The molecular formula is C9H10N2O2S. The van der Waals surface area contributed by atoms with Crippen LogP contribution in [0, 0.1) is 0 Å². The second-order valence-electron chi connectivity index (χ2n) is 3.02. The summed E-state index contributed by atoms with van der Waals surface area (Å²) in [6.45, 7) is 2.83. The zero-order chi connectivity index (χ0) is 10.1. The SMILES string of the molecule is CCn1ccc(=O)c2c1SC(=NO)C2. The third-order valence-electron chi connectivity index (χ3n) is 2.22. The summed E-state index contributed by atoms with van der Waals surface area (Å²) in [6.07, 6.45) is 2.23. The van der Waals surface area contributed by atoms with E-state index >= 15 is 0 Å². The highest BCUT2D eigenvalue weighted by molar-refractivity contribution is 8.14. The van der Waals surface area contributed by atoms with E-state index in [1.807, 2.05) is 11.5 Å². The van der Waals surface area contributed by atoms with E-state index in [9.17, 15) is 4.79 Å². The standard InChI is InChI=1S/C9H10N2O2S/c1-2-11-4-3-7(12)6-5-8(10-13)14-9(6)11/h3-4,13H,2,5H2,1H3. The number of aryl methyl sites for hydroxylation is 1. The average Bonchev–Trinajstić information content (AvgIpc) is 2.63. The van der Waals surface area contributed by atoms with Crippen LogP contribution in [-0.2, 0) is 13.0 Å². The lowest BCUT2D eigenvalue weighted by atomic mass is 10.2. The van der Waals surface area contributed by atoms with Gasteiger partial charge in [-0.15, -0.1) is 0 Å². The molecule has 0 aliphatic carbocycles. The maximum Gasteiger partial charge on any atom is 0.186 e.